The van der Waals surface area contributed by atoms with Crippen LogP contribution in [0.5, 0.6) is 0 Å². The number of ether oxygens (including phenoxy) is 1. The van der Waals surface area contributed by atoms with E-state index in [1.807, 2.05) is 11.4 Å². The molecular weight excluding hydrogens is 765 g/mol. The molecule has 1 aliphatic rings. The quantitative estimate of drug-likeness (QED) is 0.0757. The lowest BCUT2D eigenvalue weighted by molar-refractivity contribution is -0.164. The molecule has 2 amide bonds. The third kappa shape index (κ3) is 9.33. The molecule has 0 spiro atoms. The van der Waals surface area contributed by atoms with Crippen LogP contribution < -0.4 is 11.1 Å². The Hall–Kier alpha value is -5.71. The Labute approximate surface area is 313 Å². The minimum atomic E-state index is -4.78. The molecule has 0 bridgehead atoms. The molecule has 292 valence electrons. The number of hydrogen-bond acceptors (Lipinski definition) is 8. The molecule has 4 aromatic rings. The second-order valence-corrected chi connectivity index (χ2v) is 13.0. The molecule has 21 heteroatoms. The average Bonchev–Trinajstić information content (AvgIpc) is 3.51. The van der Waals surface area contributed by atoms with Gasteiger partial charge in [-0.2, -0.15) is 37.4 Å². The molecule has 0 unspecified atom stereocenters. The second-order valence-electron chi connectivity index (χ2n) is 12.6. The number of carbonyl (C=O) groups is 2. The van der Waals surface area contributed by atoms with E-state index in [0.29, 0.717) is 22.2 Å². The van der Waals surface area contributed by atoms with Crippen LogP contribution in [0.1, 0.15) is 73.4 Å². The van der Waals surface area contributed by atoms with E-state index in [4.69, 9.17) is 27.3 Å². The van der Waals surface area contributed by atoms with Gasteiger partial charge in [0.1, 0.15) is 18.5 Å². The second kappa shape index (κ2) is 16.8. The van der Waals surface area contributed by atoms with Gasteiger partial charge in [-0.1, -0.05) is 36.7 Å². The summed E-state index contributed by atoms with van der Waals surface area (Å²) >= 11 is 6.39. The summed E-state index contributed by atoms with van der Waals surface area (Å²) in [5.74, 6) is -2.21. The normalized spacial score (nSPS) is 15.1. The van der Waals surface area contributed by atoms with Gasteiger partial charge in [0, 0.05) is 30.3 Å². The first kappa shape index (κ1) is 40.5. The van der Waals surface area contributed by atoms with Crippen molar-refractivity contribution in [1.82, 2.24) is 34.8 Å². The van der Waals surface area contributed by atoms with Crippen LogP contribution in [0.2, 0.25) is 5.02 Å². The number of aromatic nitrogens is 5. The fraction of sp³-hybridized carbons (Fsp3) is 0.382. The average molecular weight is 797 g/mol. The highest BCUT2D eigenvalue weighted by atomic mass is 35.5. The van der Waals surface area contributed by atoms with Crippen LogP contribution in [0.25, 0.3) is 16.8 Å². The predicted molar refractivity (Wildman–Crippen MR) is 182 cm³/mol. The van der Waals surface area contributed by atoms with Crippen molar-refractivity contribution >= 4 is 29.6 Å². The molecule has 1 fully saturated rings. The number of halogens is 8. The van der Waals surface area contributed by atoms with Crippen molar-refractivity contribution in [1.29, 1.82) is 5.26 Å². The summed E-state index contributed by atoms with van der Waals surface area (Å²) in [4.78, 5) is 36.1. The molecule has 1 saturated carbocycles. The van der Waals surface area contributed by atoms with Gasteiger partial charge in [-0.15, -0.1) is 0 Å². The summed E-state index contributed by atoms with van der Waals surface area (Å²) in [6, 6.07) is 9.97. The lowest BCUT2D eigenvalue weighted by Crippen LogP contribution is -2.49. The highest BCUT2D eigenvalue weighted by Gasteiger charge is 2.64. The van der Waals surface area contributed by atoms with Gasteiger partial charge in [-0.3, -0.25) is 14.7 Å². The number of carbonyl (C=O) groups excluding carboxylic acids is 2. The van der Waals surface area contributed by atoms with Gasteiger partial charge in [0.15, 0.2) is 11.8 Å². The van der Waals surface area contributed by atoms with Gasteiger partial charge in [-0.05, 0) is 60.6 Å². The monoisotopic (exact) mass is 796 g/mol. The maximum absolute atomic E-state index is 14.4. The Morgan fingerprint density at radius 2 is 1.84 bits per heavy atom. The van der Waals surface area contributed by atoms with Crippen LogP contribution in [0, 0.1) is 17.2 Å². The largest absolute Gasteiger partial charge is 0.447 e. The number of guanidine groups is 1. The van der Waals surface area contributed by atoms with E-state index in [1.165, 1.54) is 48.7 Å². The number of nitrogens with one attached hydrogen (secondary N) is 1. The Morgan fingerprint density at radius 3 is 2.44 bits per heavy atom. The fourth-order valence-electron chi connectivity index (χ4n) is 5.47. The minimum Gasteiger partial charge on any atom is -0.447 e. The van der Waals surface area contributed by atoms with Crippen LogP contribution in [0.15, 0.2) is 66.2 Å². The Balaban J connectivity index is 1.57. The summed E-state index contributed by atoms with van der Waals surface area (Å²) < 4.78 is 101. The van der Waals surface area contributed by atoms with Gasteiger partial charge in [0.05, 0.1) is 29.0 Å². The number of aliphatic imine (C=N–C) groups is 1. The summed E-state index contributed by atoms with van der Waals surface area (Å²) in [5.41, 5.74) is 4.53. The Bertz CT molecular complexity index is 2060. The molecular formula is C34H32ClF7N10O3. The van der Waals surface area contributed by atoms with Crippen molar-refractivity contribution in [3.8, 4) is 22.9 Å². The molecule has 2 aromatic carbocycles. The molecule has 2 atom stereocenters. The first-order valence-corrected chi connectivity index (χ1v) is 16.9. The molecule has 0 saturated heterocycles. The van der Waals surface area contributed by atoms with Crippen molar-refractivity contribution in [3.63, 3.8) is 0 Å². The Morgan fingerprint density at radius 1 is 1.13 bits per heavy atom. The number of nitriles is 1. The number of hydrogen-bond donors (Lipinski definition) is 2. The van der Waals surface area contributed by atoms with E-state index in [-0.39, 0.29) is 53.6 Å². The molecule has 13 nitrogen and oxygen atoms in total. The van der Waals surface area contributed by atoms with E-state index in [2.05, 4.69) is 20.2 Å². The van der Waals surface area contributed by atoms with Gasteiger partial charge < -0.3 is 15.8 Å². The fourth-order valence-corrected chi connectivity index (χ4v) is 5.67. The van der Waals surface area contributed by atoms with Crippen LogP contribution in [0.4, 0.5) is 35.5 Å². The van der Waals surface area contributed by atoms with Crippen LogP contribution >= 0.6 is 11.6 Å². The van der Waals surface area contributed by atoms with Crippen LogP contribution in [-0.2, 0) is 4.74 Å². The first-order chi connectivity index (χ1) is 26.0. The minimum absolute atomic E-state index is 0.0102. The van der Waals surface area contributed by atoms with E-state index in [1.54, 1.807) is 6.92 Å². The van der Waals surface area contributed by atoms with Crippen molar-refractivity contribution in [2.45, 2.75) is 63.3 Å². The molecule has 2 heterocycles. The van der Waals surface area contributed by atoms with Crippen LogP contribution in [-0.4, -0.2) is 72.3 Å². The van der Waals surface area contributed by atoms with Gasteiger partial charge in [0.2, 0.25) is 0 Å². The number of alkyl carbamates (subject to hydrolysis) is 1. The van der Waals surface area contributed by atoms with Crippen molar-refractivity contribution < 1.29 is 45.1 Å². The molecule has 0 radical (unpaired) electrons. The van der Waals surface area contributed by atoms with Crippen molar-refractivity contribution in [2.24, 2.45) is 16.6 Å². The van der Waals surface area contributed by atoms with Crippen molar-refractivity contribution in [2.75, 3.05) is 13.2 Å². The lowest BCUT2D eigenvalue weighted by atomic mass is 10.0. The molecule has 1 aliphatic carbocycles. The van der Waals surface area contributed by atoms with Gasteiger partial charge >= 0.3 is 18.8 Å². The van der Waals surface area contributed by atoms with Crippen molar-refractivity contribution in [3.05, 3.63) is 83.2 Å². The number of amides is 2. The third-order valence-corrected chi connectivity index (χ3v) is 9.06. The third-order valence-electron chi connectivity index (χ3n) is 8.74. The van der Waals surface area contributed by atoms with E-state index >= 15 is 0 Å². The van der Waals surface area contributed by atoms with E-state index in [0.717, 1.165) is 22.1 Å². The standard InChI is InChI=1S/C34H32ClF7N10O3/c1-19(8-12-43)9-13-45-31(44)51(29(53)21-4-2-20(3-5-21)23-15-47-50(16-23)30(38)39)26(17-55-32(54)49-33(10-11-33)34(40,41)42)22-6-7-24(35)25(14-22)52-28(27(36)37)46-18-48-52/h2-7,14-16,18-19,26-27,30H,8-11,13,17H2,1H3,(H2,44,45)(H,49,54)/t19-,26+/m0/s1. The van der Waals surface area contributed by atoms with Crippen LogP contribution in [0.3, 0.4) is 0 Å². The van der Waals surface area contributed by atoms with Gasteiger partial charge in [0.25, 0.3) is 12.3 Å². The predicted octanol–water partition coefficient (Wildman–Crippen LogP) is 7.38. The molecule has 5 rings (SSSR count). The van der Waals surface area contributed by atoms with Gasteiger partial charge in [-0.25, -0.2) is 27.9 Å². The Kier molecular flexibility index (Phi) is 12.3. The first-order valence-electron chi connectivity index (χ1n) is 16.5. The highest BCUT2D eigenvalue weighted by Crippen LogP contribution is 2.49. The number of rotatable bonds is 14. The summed E-state index contributed by atoms with van der Waals surface area (Å²) in [6.45, 7) is -1.92. The zero-order valence-corrected chi connectivity index (χ0v) is 29.5. The van der Waals surface area contributed by atoms with E-state index in [9.17, 15) is 40.3 Å². The molecule has 3 N–H and O–H groups in total. The molecule has 2 aromatic heterocycles. The lowest BCUT2D eigenvalue weighted by Gasteiger charge is -2.32. The maximum atomic E-state index is 14.4. The summed E-state index contributed by atoms with van der Waals surface area (Å²) in [5, 5.41) is 18.2. The highest BCUT2D eigenvalue weighted by molar-refractivity contribution is 6.32. The number of benzene rings is 2. The zero-order valence-electron chi connectivity index (χ0n) is 28.7. The number of alkyl halides is 7. The topological polar surface area (TPSA) is 169 Å². The number of nitrogens with two attached hydrogens (primary N) is 1. The summed E-state index contributed by atoms with van der Waals surface area (Å²) in [7, 11) is 0. The molecule has 55 heavy (non-hydrogen) atoms. The SMILES string of the molecule is C[C@@H](CC#N)CCN=C(N)N(C(=O)c1ccc(-c2cnn(C(F)F)c2)cc1)[C@H](COC(=O)NC1(C(F)(F)F)CC1)c1ccc(Cl)c(-n2ncnc2C(F)F)c1. The number of nitrogens with zero attached hydrogens (tertiary/aromatic N) is 8. The maximum Gasteiger partial charge on any atom is 0.411 e. The molecule has 0 aliphatic heterocycles. The zero-order chi connectivity index (χ0) is 40.1. The summed E-state index contributed by atoms with van der Waals surface area (Å²) in [6.07, 6.45) is -6.39. The smallest absolute Gasteiger partial charge is 0.411 e. The van der Waals surface area contributed by atoms with E-state index < -0.39 is 61.1 Å².